The van der Waals surface area contributed by atoms with Crippen LogP contribution in [-0.4, -0.2) is 19.3 Å². The Balaban J connectivity index is 1.64. The van der Waals surface area contributed by atoms with E-state index in [-0.39, 0.29) is 23.0 Å². The van der Waals surface area contributed by atoms with Crippen molar-refractivity contribution in [3.8, 4) is 0 Å². The summed E-state index contributed by atoms with van der Waals surface area (Å²) in [7, 11) is 0. The van der Waals surface area contributed by atoms with Crippen molar-refractivity contribution in [2.45, 2.75) is 51.7 Å². The van der Waals surface area contributed by atoms with Crippen molar-refractivity contribution in [3.05, 3.63) is 87.6 Å². The van der Waals surface area contributed by atoms with Crippen molar-refractivity contribution in [3.63, 3.8) is 0 Å². The van der Waals surface area contributed by atoms with E-state index in [2.05, 4.69) is 28.6 Å². The number of anilines is 1. The Kier molecular flexibility index (Phi) is 4.84. The third kappa shape index (κ3) is 3.57. The van der Waals surface area contributed by atoms with Gasteiger partial charge in [0.05, 0.1) is 24.3 Å². The van der Waals surface area contributed by atoms with Crippen LogP contribution in [0.5, 0.6) is 0 Å². The summed E-state index contributed by atoms with van der Waals surface area (Å²) in [5.41, 5.74) is 3.46. The zero-order chi connectivity index (χ0) is 22.5. The van der Waals surface area contributed by atoms with Gasteiger partial charge in [0.25, 0.3) is 5.56 Å². The van der Waals surface area contributed by atoms with Gasteiger partial charge in [-0.3, -0.25) is 9.36 Å². The molecule has 2 aromatic carbocycles. The summed E-state index contributed by atoms with van der Waals surface area (Å²) < 4.78 is 16.8. The standard InChI is InChI=1S/C25H26FN5O/c1-25(2,3)31-22-20(14-27-31)23(32)30(15-16-8-11-18(26)12-9-16)24(29-22)28-21-13-10-17-6-4-5-7-19(17)21/h4-9,11-12,14,21H,10,13,15H2,1-3H3,(H,28,29)/t21-/m1/s1. The summed E-state index contributed by atoms with van der Waals surface area (Å²) in [6, 6.07) is 14.6. The molecule has 0 saturated heterocycles. The Hall–Kier alpha value is -3.48. The summed E-state index contributed by atoms with van der Waals surface area (Å²) in [4.78, 5) is 18.4. The van der Waals surface area contributed by atoms with Gasteiger partial charge in [-0.05, 0) is 62.4 Å². The topological polar surface area (TPSA) is 64.7 Å². The highest BCUT2D eigenvalue weighted by molar-refractivity contribution is 5.75. The fourth-order valence-corrected chi connectivity index (χ4v) is 4.39. The quantitative estimate of drug-likeness (QED) is 0.512. The number of nitrogens with one attached hydrogen (secondary N) is 1. The van der Waals surface area contributed by atoms with Gasteiger partial charge in [0, 0.05) is 0 Å². The van der Waals surface area contributed by atoms with Crippen LogP contribution in [-0.2, 0) is 18.5 Å². The predicted molar refractivity (Wildman–Crippen MR) is 123 cm³/mol. The van der Waals surface area contributed by atoms with Gasteiger partial charge >= 0.3 is 0 Å². The number of benzene rings is 2. The van der Waals surface area contributed by atoms with Crippen molar-refractivity contribution in [1.82, 2.24) is 19.3 Å². The van der Waals surface area contributed by atoms with Gasteiger partial charge < -0.3 is 5.32 Å². The molecule has 0 radical (unpaired) electrons. The Morgan fingerprint density at radius 2 is 1.88 bits per heavy atom. The van der Waals surface area contributed by atoms with E-state index in [0.29, 0.717) is 23.5 Å². The average Bonchev–Trinajstić information content (AvgIpc) is 3.37. The fraction of sp³-hybridized carbons (Fsp3) is 0.320. The second kappa shape index (κ2) is 7.58. The summed E-state index contributed by atoms with van der Waals surface area (Å²) in [6.45, 7) is 6.39. The lowest BCUT2D eigenvalue weighted by molar-refractivity contribution is 0.366. The molecule has 0 amide bonds. The molecule has 0 bridgehead atoms. The van der Waals surface area contributed by atoms with Crippen LogP contribution in [0.1, 0.15) is 49.9 Å². The zero-order valence-corrected chi connectivity index (χ0v) is 18.5. The molecule has 7 heteroatoms. The molecule has 32 heavy (non-hydrogen) atoms. The minimum absolute atomic E-state index is 0.0704. The minimum Gasteiger partial charge on any atom is -0.349 e. The first kappa shape index (κ1) is 20.4. The van der Waals surface area contributed by atoms with Crippen LogP contribution in [0.3, 0.4) is 0 Å². The van der Waals surface area contributed by atoms with Crippen LogP contribution in [0, 0.1) is 5.82 Å². The smallest absolute Gasteiger partial charge is 0.266 e. The van der Waals surface area contributed by atoms with E-state index in [0.717, 1.165) is 18.4 Å². The lowest BCUT2D eigenvalue weighted by Crippen LogP contribution is -2.28. The van der Waals surface area contributed by atoms with E-state index >= 15 is 0 Å². The second-order valence-corrected chi connectivity index (χ2v) is 9.35. The molecule has 1 aliphatic rings. The van der Waals surface area contributed by atoms with E-state index in [4.69, 9.17) is 4.98 Å². The van der Waals surface area contributed by atoms with Crippen molar-refractivity contribution in [1.29, 1.82) is 0 Å². The van der Waals surface area contributed by atoms with Gasteiger partial charge in [0.15, 0.2) is 5.65 Å². The summed E-state index contributed by atoms with van der Waals surface area (Å²) in [5.74, 6) is 0.196. The molecule has 0 saturated carbocycles. The van der Waals surface area contributed by atoms with Crippen molar-refractivity contribution >= 4 is 17.0 Å². The van der Waals surface area contributed by atoms with Crippen LogP contribution in [0.15, 0.2) is 59.5 Å². The lowest BCUT2D eigenvalue weighted by atomic mass is 10.1. The van der Waals surface area contributed by atoms with Crippen molar-refractivity contribution in [2.75, 3.05) is 5.32 Å². The maximum absolute atomic E-state index is 13.5. The molecular formula is C25H26FN5O. The molecule has 2 heterocycles. The third-order valence-corrected chi connectivity index (χ3v) is 6.01. The lowest BCUT2D eigenvalue weighted by Gasteiger charge is -2.22. The maximum Gasteiger partial charge on any atom is 0.266 e. The van der Waals surface area contributed by atoms with E-state index in [1.807, 2.05) is 26.8 Å². The first-order valence-electron chi connectivity index (χ1n) is 10.9. The number of fused-ring (bicyclic) bond motifs is 2. The van der Waals surface area contributed by atoms with Gasteiger partial charge in [-0.2, -0.15) is 10.1 Å². The number of halogens is 1. The van der Waals surface area contributed by atoms with E-state index < -0.39 is 0 Å². The molecule has 0 unspecified atom stereocenters. The highest BCUT2D eigenvalue weighted by Gasteiger charge is 2.26. The Morgan fingerprint density at radius 3 is 2.62 bits per heavy atom. The molecule has 2 aromatic heterocycles. The number of hydrogen-bond donors (Lipinski definition) is 1. The van der Waals surface area contributed by atoms with Crippen LogP contribution in [0.25, 0.3) is 11.0 Å². The number of aryl methyl sites for hydroxylation is 1. The number of rotatable bonds is 4. The summed E-state index contributed by atoms with van der Waals surface area (Å²) in [5, 5.41) is 8.47. The molecule has 0 spiro atoms. The minimum atomic E-state index is -0.318. The molecular weight excluding hydrogens is 405 g/mol. The molecule has 0 fully saturated rings. The summed E-state index contributed by atoms with van der Waals surface area (Å²) >= 11 is 0. The largest absolute Gasteiger partial charge is 0.349 e. The van der Waals surface area contributed by atoms with Gasteiger partial charge in [0.1, 0.15) is 11.2 Å². The molecule has 1 N–H and O–H groups in total. The molecule has 4 aromatic rings. The van der Waals surface area contributed by atoms with Crippen LogP contribution < -0.4 is 10.9 Å². The fourth-order valence-electron chi connectivity index (χ4n) is 4.39. The molecule has 1 aliphatic carbocycles. The van der Waals surface area contributed by atoms with Gasteiger partial charge in [-0.15, -0.1) is 0 Å². The predicted octanol–water partition coefficient (Wildman–Crippen LogP) is 4.63. The molecule has 1 atom stereocenters. The Morgan fingerprint density at radius 1 is 1.12 bits per heavy atom. The number of hydrogen-bond acceptors (Lipinski definition) is 4. The molecule has 6 nitrogen and oxygen atoms in total. The third-order valence-electron chi connectivity index (χ3n) is 6.01. The van der Waals surface area contributed by atoms with E-state index in [9.17, 15) is 9.18 Å². The molecule has 164 valence electrons. The van der Waals surface area contributed by atoms with Gasteiger partial charge in [-0.25, -0.2) is 9.07 Å². The Bertz CT molecular complexity index is 1350. The average molecular weight is 432 g/mol. The second-order valence-electron chi connectivity index (χ2n) is 9.35. The number of nitrogens with zero attached hydrogens (tertiary/aromatic N) is 4. The Labute approximate surface area is 185 Å². The normalized spacial score (nSPS) is 15.8. The monoisotopic (exact) mass is 431 g/mol. The van der Waals surface area contributed by atoms with E-state index in [1.165, 1.54) is 23.3 Å². The highest BCUT2D eigenvalue weighted by Crippen LogP contribution is 2.33. The molecule has 5 rings (SSSR count). The number of aromatic nitrogens is 4. The first-order chi connectivity index (χ1) is 15.3. The first-order valence-corrected chi connectivity index (χ1v) is 10.9. The van der Waals surface area contributed by atoms with Gasteiger partial charge in [-0.1, -0.05) is 36.4 Å². The van der Waals surface area contributed by atoms with Crippen molar-refractivity contribution < 1.29 is 4.39 Å². The van der Waals surface area contributed by atoms with Crippen molar-refractivity contribution in [2.24, 2.45) is 0 Å². The van der Waals surface area contributed by atoms with Crippen LogP contribution >= 0.6 is 0 Å². The van der Waals surface area contributed by atoms with Crippen LogP contribution in [0.2, 0.25) is 0 Å². The van der Waals surface area contributed by atoms with E-state index in [1.54, 1.807) is 27.6 Å². The van der Waals surface area contributed by atoms with Crippen LogP contribution in [0.4, 0.5) is 10.3 Å². The SMILES string of the molecule is CC(C)(C)n1ncc2c(=O)n(Cc3ccc(F)cc3)c(N[C@@H]3CCc4ccccc43)nc21. The maximum atomic E-state index is 13.5. The summed E-state index contributed by atoms with van der Waals surface area (Å²) in [6.07, 6.45) is 3.51. The van der Waals surface area contributed by atoms with Gasteiger partial charge in [0.2, 0.25) is 5.95 Å². The molecule has 0 aliphatic heterocycles. The highest BCUT2D eigenvalue weighted by atomic mass is 19.1. The zero-order valence-electron chi connectivity index (χ0n) is 18.5.